The highest BCUT2D eigenvalue weighted by Gasteiger charge is 2.45. The maximum absolute atomic E-state index is 15.0. The van der Waals surface area contributed by atoms with Gasteiger partial charge in [-0.15, -0.1) is 0 Å². The average Bonchev–Trinajstić information content (AvgIpc) is 3.69. The van der Waals surface area contributed by atoms with Gasteiger partial charge >= 0.3 is 0 Å². The highest BCUT2D eigenvalue weighted by Crippen LogP contribution is 2.45. The van der Waals surface area contributed by atoms with Crippen LogP contribution in [0.2, 0.25) is 0 Å². The van der Waals surface area contributed by atoms with E-state index >= 15 is 0 Å². The maximum Gasteiger partial charge on any atom is 0.275 e. The van der Waals surface area contributed by atoms with Crippen LogP contribution >= 0.6 is 15.9 Å². The molecule has 2 aromatic heterocycles. The normalized spacial score (nSPS) is 18.6. The summed E-state index contributed by atoms with van der Waals surface area (Å²) in [4.78, 5) is 28.0. The first-order valence-corrected chi connectivity index (χ1v) is 15.6. The average molecular weight is 641 g/mol. The number of fused-ring (bicyclic) bond motifs is 4. The zero-order chi connectivity index (χ0) is 28.5. The molecular weight excluding hydrogens is 618 g/mol. The minimum atomic E-state index is -4.09. The first-order valence-electron chi connectivity index (χ1n) is 13.2. The number of carbonyl (C=O) groups excluding carboxylic acids is 1. The van der Waals surface area contributed by atoms with E-state index in [1.165, 1.54) is 29.4 Å². The largest absolute Gasteiger partial charge is 0.372 e. The topological polar surface area (TPSA) is 102 Å². The summed E-state index contributed by atoms with van der Waals surface area (Å²) in [6, 6.07) is 9.39. The van der Waals surface area contributed by atoms with Crippen LogP contribution < -0.4 is 4.90 Å². The minimum Gasteiger partial charge on any atom is -0.372 e. The fraction of sp³-hybridized carbons (Fsp3) is 0.310. The Balaban J connectivity index is 1.36. The highest BCUT2D eigenvalue weighted by molar-refractivity contribution is 9.10. The van der Waals surface area contributed by atoms with Crippen molar-refractivity contribution in [2.45, 2.75) is 55.8 Å². The summed E-state index contributed by atoms with van der Waals surface area (Å²) in [5.41, 5.74) is 2.74. The van der Waals surface area contributed by atoms with E-state index in [-0.39, 0.29) is 23.7 Å². The molecule has 0 N–H and O–H groups in total. The lowest BCUT2D eigenvalue weighted by Gasteiger charge is -2.31. The molecule has 210 valence electrons. The summed E-state index contributed by atoms with van der Waals surface area (Å²) in [6.07, 6.45) is 4.00. The molecule has 1 aliphatic carbocycles. The second kappa shape index (κ2) is 9.60. The summed E-state index contributed by atoms with van der Waals surface area (Å²) >= 11 is 3.51. The Morgan fingerprint density at radius 3 is 2.61 bits per heavy atom. The standard InChI is InChI=1S/C29H23BrF2N4O4S/c30-26-21-15-40-14-20(21)19-7-4-16(10-23(19)35-26)13-36(28(37)18-11-33-27(34-12-18)17-5-6-17)24-3-1-2-22-25(24)41(38,39)9-8-29(22,31)32/h1-4,7,10-12,17H,5-6,8-9,13-15H2. The van der Waals surface area contributed by atoms with Crippen LogP contribution in [0, 0.1) is 0 Å². The number of ether oxygens (including phenoxy) is 1. The van der Waals surface area contributed by atoms with Crippen LogP contribution in [0.1, 0.15) is 63.6 Å². The van der Waals surface area contributed by atoms with Gasteiger partial charge in [-0.1, -0.05) is 24.3 Å². The second-order valence-corrected chi connectivity index (χ2v) is 13.4. The number of hydrogen-bond donors (Lipinski definition) is 0. The SMILES string of the molecule is O=C(c1cnc(C2CC2)nc1)N(Cc1ccc2c3c(c(Br)nc2c1)COC3)c1cccc2c1S(=O)(=O)CCC2(F)F. The molecule has 4 heterocycles. The predicted molar refractivity (Wildman–Crippen MR) is 149 cm³/mol. The van der Waals surface area contributed by atoms with Gasteiger partial charge in [-0.05, 0) is 52.0 Å². The molecule has 8 nitrogen and oxygen atoms in total. The number of aromatic nitrogens is 3. The molecule has 2 aliphatic heterocycles. The number of pyridine rings is 1. The third-order valence-electron chi connectivity index (χ3n) is 7.83. The smallest absolute Gasteiger partial charge is 0.275 e. The van der Waals surface area contributed by atoms with Crippen LogP contribution in [0.3, 0.4) is 0 Å². The van der Waals surface area contributed by atoms with Crippen molar-refractivity contribution in [3.05, 3.63) is 87.0 Å². The quantitative estimate of drug-likeness (QED) is 0.254. The summed E-state index contributed by atoms with van der Waals surface area (Å²) in [5, 5.41) is 0.908. The van der Waals surface area contributed by atoms with Crippen molar-refractivity contribution >= 4 is 48.3 Å². The number of sulfone groups is 1. The zero-order valence-corrected chi connectivity index (χ0v) is 24.0. The molecule has 12 heteroatoms. The van der Waals surface area contributed by atoms with E-state index in [1.807, 2.05) is 18.2 Å². The van der Waals surface area contributed by atoms with Crippen LogP contribution in [-0.4, -0.2) is 35.0 Å². The van der Waals surface area contributed by atoms with Crippen LogP contribution in [0.4, 0.5) is 14.5 Å². The first-order chi connectivity index (χ1) is 19.6. The van der Waals surface area contributed by atoms with Crippen molar-refractivity contribution in [1.29, 1.82) is 0 Å². The van der Waals surface area contributed by atoms with Gasteiger partial charge in [0.25, 0.3) is 11.8 Å². The zero-order valence-electron chi connectivity index (χ0n) is 21.6. The summed E-state index contributed by atoms with van der Waals surface area (Å²) in [6.45, 7) is 0.822. The number of carbonyl (C=O) groups is 1. The molecule has 1 saturated carbocycles. The molecule has 1 amide bonds. The lowest BCUT2D eigenvalue weighted by atomic mass is 10.0. The lowest BCUT2D eigenvalue weighted by Crippen LogP contribution is -2.35. The summed E-state index contributed by atoms with van der Waals surface area (Å²) in [5.74, 6) is -3.73. The summed E-state index contributed by atoms with van der Waals surface area (Å²) in [7, 11) is -4.09. The monoisotopic (exact) mass is 640 g/mol. The van der Waals surface area contributed by atoms with E-state index in [2.05, 4.69) is 30.9 Å². The molecule has 41 heavy (non-hydrogen) atoms. The van der Waals surface area contributed by atoms with E-state index in [9.17, 15) is 22.0 Å². The molecular formula is C29H23BrF2N4O4S. The number of alkyl halides is 2. The molecule has 0 bridgehead atoms. The number of nitrogens with zero attached hydrogens (tertiary/aromatic N) is 4. The Morgan fingerprint density at radius 2 is 1.85 bits per heavy atom. The number of benzene rings is 2. The Kier molecular flexibility index (Phi) is 6.22. The molecule has 3 aliphatic rings. The Hall–Kier alpha value is -3.35. The number of amides is 1. The Morgan fingerprint density at radius 1 is 1.10 bits per heavy atom. The van der Waals surface area contributed by atoms with Gasteiger partial charge < -0.3 is 9.64 Å². The lowest BCUT2D eigenvalue weighted by molar-refractivity contribution is -0.0126. The van der Waals surface area contributed by atoms with Crippen molar-refractivity contribution in [2.24, 2.45) is 0 Å². The van der Waals surface area contributed by atoms with Gasteiger partial charge in [0.05, 0.1) is 47.2 Å². The molecule has 1 fully saturated rings. The van der Waals surface area contributed by atoms with Crippen molar-refractivity contribution in [2.75, 3.05) is 10.7 Å². The van der Waals surface area contributed by atoms with Gasteiger partial charge in [0.15, 0.2) is 9.84 Å². The van der Waals surface area contributed by atoms with E-state index < -0.39 is 44.3 Å². The van der Waals surface area contributed by atoms with Gasteiger partial charge in [-0.3, -0.25) is 4.79 Å². The number of rotatable bonds is 5. The minimum absolute atomic E-state index is 0.0937. The maximum atomic E-state index is 15.0. The second-order valence-electron chi connectivity index (χ2n) is 10.6. The van der Waals surface area contributed by atoms with Gasteiger partial charge in [-0.2, -0.15) is 0 Å². The van der Waals surface area contributed by atoms with Crippen LogP contribution in [-0.2, 0) is 40.3 Å². The fourth-order valence-electron chi connectivity index (χ4n) is 5.51. The third-order valence-corrected chi connectivity index (χ3v) is 10.3. The van der Waals surface area contributed by atoms with E-state index in [4.69, 9.17) is 4.74 Å². The van der Waals surface area contributed by atoms with Gasteiger partial charge in [0, 0.05) is 41.2 Å². The molecule has 0 spiro atoms. The number of hydrogen-bond acceptors (Lipinski definition) is 7. The van der Waals surface area contributed by atoms with Crippen LogP contribution in [0.5, 0.6) is 0 Å². The Labute approximate surface area is 242 Å². The highest BCUT2D eigenvalue weighted by atomic mass is 79.9. The molecule has 0 atom stereocenters. The predicted octanol–water partition coefficient (Wildman–Crippen LogP) is 5.81. The summed E-state index contributed by atoms with van der Waals surface area (Å²) < 4.78 is 62.7. The molecule has 7 rings (SSSR count). The first kappa shape index (κ1) is 26.5. The van der Waals surface area contributed by atoms with Crippen molar-refractivity contribution in [3.8, 4) is 0 Å². The molecule has 0 unspecified atom stereocenters. The van der Waals surface area contributed by atoms with Gasteiger partial charge in [0.2, 0.25) is 0 Å². The molecule has 4 aromatic rings. The van der Waals surface area contributed by atoms with Crippen LogP contribution in [0.15, 0.2) is 58.3 Å². The Bertz CT molecular complexity index is 1850. The van der Waals surface area contributed by atoms with Crippen molar-refractivity contribution < 1.29 is 26.7 Å². The van der Waals surface area contributed by atoms with Gasteiger partial charge in [0.1, 0.15) is 10.4 Å². The fourth-order valence-corrected chi connectivity index (χ4v) is 7.83. The third kappa shape index (κ3) is 4.61. The van der Waals surface area contributed by atoms with Crippen molar-refractivity contribution in [3.63, 3.8) is 0 Å². The number of halogens is 3. The molecule has 2 aromatic carbocycles. The van der Waals surface area contributed by atoms with Crippen molar-refractivity contribution in [1.82, 2.24) is 15.0 Å². The van der Waals surface area contributed by atoms with Gasteiger partial charge in [-0.25, -0.2) is 32.2 Å². The molecule has 0 saturated heterocycles. The van der Waals surface area contributed by atoms with E-state index in [1.54, 1.807) is 0 Å². The number of anilines is 1. The van der Waals surface area contributed by atoms with E-state index in [0.717, 1.165) is 35.4 Å². The molecule has 0 radical (unpaired) electrons. The van der Waals surface area contributed by atoms with Crippen LogP contribution in [0.25, 0.3) is 10.9 Å². The van der Waals surface area contributed by atoms with E-state index in [0.29, 0.717) is 34.7 Å².